The fourth-order valence-electron chi connectivity index (χ4n) is 7.17. The topological polar surface area (TPSA) is 175 Å². The first-order valence-corrected chi connectivity index (χ1v) is 22.6. The highest BCUT2D eigenvalue weighted by atomic mass is 32.2. The quantitative estimate of drug-likeness (QED) is 0.0939. The van der Waals surface area contributed by atoms with Crippen molar-refractivity contribution in [2.75, 3.05) is 31.7 Å². The molecule has 6 rings (SSSR count). The summed E-state index contributed by atoms with van der Waals surface area (Å²) >= 11 is 2.26. The number of carboxylic acids is 1. The number of ether oxygens (including phenoxy) is 1. The lowest BCUT2D eigenvalue weighted by Crippen LogP contribution is -2.78. The number of hydrogen-bond acceptors (Lipinski definition) is 10. The number of esters is 1. The second-order valence-corrected chi connectivity index (χ2v) is 19.8. The Morgan fingerprint density at radius 2 is 1.53 bits per heavy atom. The number of carboxylic acid groups (broad SMARTS) is 1. The van der Waals surface area contributed by atoms with Crippen molar-refractivity contribution < 1.29 is 43.0 Å². The van der Waals surface area contributed by atoms with E-state index in [1.54, 1.807) is 41.5 Å². The normalized spacial score (nSPS) is 20.3. The van der Waals surface area contributed by atoms with Gasteiger partial charge in [0.1, 0.15) is 29.9 Å². The zero-order valence-corrected chi connectivity index (χ0v) is 35.7. The lowest BCUT2D eigenvalue weighted by molar-refractivity contribution is -0.153. The predicted molar refractivity (Wildman–Crippen MR) is 224 cm³/mol. The van der Waals surface area contributed by atoms with Crippen LogP contribution in [0.1, 0.15) is 45.7 Å². The van der Waals surface area contributed by atoms with E-state index in [9.17, 15) is 33.9 Å². The van der Waals surface area contributed by atoms with Gasteiger partial charge < -0.3 is 24.9 Å². The number of amides is 6. The lowest BCUT2D eigenvalue weighted by atomic mass is 9.91. The molecule has 3 N–H and O–H groups in total. The van der Waals surface area contributed by atoms with Gasteiger partial charge in [-0.25, -0.2) is 19.3 Å². The molecule has 0 spiro atoms. The molecular weight excluding hydrogens is 799 g/mol. The Morgan fingerprint density at radius 1 is 0.948 bits per heavy atom. The van der Waals surface area contributed by atoms with Crippen LogP contribution in [0.5, 0.6) is 0 Å². The lowest BCUT2D eigenvalue weighted by Gasteiger charge is -2.56. The summed E-state index contributed by atoms with van der Waals surface area (Å²) in [7, 11) is -2.32. The van der Waals surface area contributed by atoms with Gasteiger partial charge >= 0.3 is 24.0 Å². The maximum absolute atomic E-state index is 14.3. The molecule has 0 aromatic heterocycles. The molecule has 4 atom stereocenters. The predicted octanol–water partition coefficient (Wildman–Crippen LogP) is 3.48. The van der Waals surface area contributed by atoms with E-state index in [-0.39, 0.29) is 42.1 Å². The maximum atomic E-state index is 14.3. The third kappa shape index (κ3) is 8.96. The minimum absolute atomic E-state index is 0.0432. The average Bonchev–Trinajstić information content (AvgIpc) is 3.60. The van der Waals surface area contributed by atoms with Crippen molar-refractivity contribution in [3.05, 3.63) is 108 Å². The van der Waals surface area contributed by atoms with Crippen molar-refractivity contribution in [1.29, 1.82) is 0 Å². The van der Waals surface area contributed by atoms with Crippen LogP contribution in [0.15, 0.2) is 102 Å². The van der Waals surface area contributed by atoms with E-state index < -0.39 is 67.4 Å². The number of nitrogens with zero attached hydrogens (tertiary/aromatic N) is 3. The number of β-lactam (4-membered cyclic amide) rings is 1. The molecule has 14 nitrogen and oxygen atoms in total. The fourth-order valence-corrected chi connectivity index (χ4v) is 12.2. The summed E-state index contributed by atoms with van der Waals surface area (Å²) in [5.74, 6) is -3.24. The smallest absolute Gasteiger partial charge is 0.352 e. The first-order chi connectivity index (χ1) is 27.6. The molecular formula is C41H47N5O9S2Si. The Hall–Kier alpha value is -5.10. The summed E-state index contributed by atoms with van der Waals surface area (Å²) in [5.41, 5.74) is 0.114. The van der Waals surface area contributed by atoms with Crippen LogP contribution in [-0.4, -0.2) is 113 Å². The second-order valence-electron chi connectivity index (χ2n) is 15.3. The third-order valence-electron chi connectivity index (χ3n) is 9.97. The van der Waals surface area contributed by atoms with Crippen molar-refractivity contribution in [3.63, 3.8) is 0 Å². The Balaban J connectivity index is 1.22. The van der Waals surface area contributed by atoms with Gasteiger partial charge in [-0.1, -0.05) is 112 Å². The molecule has 17 heteroatoms. The van der Waals surface area contributed by atoms with E-state index in [4.69, 9.17) is 9.16 Å². The number of aliphatic carboxylic acids is 1. The van der Waals surface area contributed by atoms with Gasteiger partial charge in [0.2, 0.25) is 14.9 Å². The van der Waals surface area contributed by atoms with Gasteiger partial charge in [-0.05, 0) is 34.0 Å². The number of imide groups is 1. The van der Waals surface area contributed by atoms with Crippen LogP contribution >= 0.6 is 23.5 Å². The minimum atomic E-state index is -2.32. The van der Waals surface area contributed by atoms with E-state index in [0.29, 0.717) is 12.0 Å². The van der Waals surface area contributed by atoms with Crippen LogP contribution in [0.3, 0.4) is 0 Å². The van der Waals surface area contributed by atoms with Crippen molar-refractivity contribution >= 4 is 78.8 Å². The maximum Gasteiger partial charge on any atom is 0.352 e. The van der Waals surface area contributed by atoms with Crippen LogP contribution in [0.4, 0.5) is 9.59 Å². The average molecular weight is 846 g/mol. The first-order valence-electron chi connectivity index (χ1n) is 18.7. The SMILES string of the molecule is CS[C@@]1(NC(=O)C(NC(=O)N2CCN(C(CC(C)(C)C)O[SiH](c3ccccc3)c3ccccc3)C2=O)c2ccccc2)C(=O)N2C(C(=O)O)=C(COC(C)=O)CS[C@@H]21. The number of carbonyl (C=O) groups excluding carboxylic acids is 5. The van der Waals surface area contributed by atoms with Crippen LogP contribution in [0.25, 0.3) is 0 Å². The number of thioether (sulfide) groups is 2. The zero-order valence-electron chi connectivity index (χ0n) is 32.9. The molecule has 6 amide bonds. The van der Waals surface area contributed by atoms with Gasteiger partial charge in [0.05, 0.1) is 6.54 Å². The summed E-state index contributed by atoms with van der Waals surface area (Å²) < 4.78 is 12.0. The molecule has 3 aromatic rings. The van der Waals surface area contributed by atoms with E-state index >= 15 is 0 Å². The molecule has 2 fully saturated rings. The number of fused-ring (bicyclic) bond motifs is 1. The summed E-state index contributed by atoms with van der Waals surface area (Å²) in [6, 6.07) is 25.6. The number of hydrogen-bond donors (Lipinski definition) is 3. The second kappa shape index (κ2) is 17.8. The van der Waals surface area contributed by atoms with Crippen molar-refractivity contribution in [2.45, 2.75) is 56.6 Å². The minimum Gasteiger partial charge on any atom is -0.477 e. The Kier molecular flexibility index (Phi) is 13.0. The van der Waals surface area contributed by atoms with Crippen LogP contribution < -0.4 is 21.0 Å². The van der Waals surface area contributed by atoms with E-state index in [1.807, 2.05) is 60.7 Å². The summed E-state index contributed by atoms with van der Waals surface area (Å²) in [5, 5.41) is 16.9. The Labute approximate surface area is 347 Å². The summed E-state index contributed by atoms with van der Waals surface area (Å²) in [6.07, 6.45) is 1.47. The van der Waals surface area contributed by atoms with E-state index in [1.165, 1.54) is 18.7 Å². The molecule has 0 radical (unpaired) electrons. The van der Waals surface area contributed by atoms with Crippen molar-refractivity contribution in [2.24, 2.45) is 5.41 Å². The molecule has 0 saturated carbocycles. The number of urea groups is 2. The fraction of sp³-hybridized carbons (Fsp3) is 0.366. The Bertz CT molecular complexity index is 2030. The van der Waals surface area contributed by atoms with Crippen LogP contribution in [-0.2, 0) is 28.3 Å². The van der Waals surface area contributed by atoms with Gasteiger partial charge in [-0.3, -0.25) is 24.2 Å². The molecule has 3 aliphatic heterocycles. The number of nitrogens with one attached hydrogen (secondary N) is 2. The molecule has 58 heavy (non-hydrogen) atoms. The molecule has 3 aliphatic rings. The van der Waals surface area contributed by atoms with E-state index in [0.717, 1.165) is 31.9 Å². The molecule has 3 heterocycles. The molecule has 2 unspecified atom stereocenters. The monoisotopic (exact) mass is 845 g/mol. The molecule has 0 aliphatic carbocycles. The van der Waals surface area contributed by atoms with Crippen molar-refractivity contribution in [1.82, 2.24) is 25.3 Å². The highest BCUT2D eigenvalue weighted by Crippen LogP contribution is 2.51. The third-order valence-corrected chi connectivity index (χ3v) is 15.2. The zero-order chi connectivity index (χ0) is 41.8. The molecule has 306 valence electrons. The first kappa shape index (κ1) is 42.5. The van der Waals surface area contributed by atoms with Crippen molar-refractivity contribution in [3.8, 4) is 0 Å². The molecule has 3 aromatic carbocycles. The molecule has 2 saturated heterocycles. The highest BCUT2D eigenvalue weighted by Gasteiger charge is 2.66. The number of carbonyl (C=O) groups is 6. The summed E-state index contributed by atoms with van der Waals surface area (Å²) in [4.78, 5) is 82.5. The van der Waals surface area contributed by atoms with Gasteiger partial charge in [-0.15, -0.1) is 23.5 Å². The van der Waals surface area contributed by atoms with Gasteiger partial charge in [0.15, 0.2) is 4.87 Å². The number of rotatable bonds is 14. The highest BCUT2D eigenvalue weighted by molar-refractivity contribution is 8.05. The van der Waals surface area contributed by atoms with Crippen LogP contribution in [0, 0.1) is 5.41 Å². The summed E-state index contributed by atoms with van der Waals surface area (Å²) in [6.45, 7) is 7.37. The molecule has 0 bridgehead atoms. The largest absolute Gasteiger partial charge is 0.477 e. The standard InChI is InChI=1S/C41H47N5O9S2Si/c1-26(47)54-24-28-25-57-37-41(56-5,36(51)46(37)33(28)35(49)50)43-34(48)32(27-15-9-6-10-16-27)42-38(52)45-22-21-44(39(45)53)31(23-40(2,3)4)55-58(29-17-11-7-12-18-29)30-19-13-8-14-20-30/h6-20,31-32,37,58H,21-25H2,1-5H3,(H,42,52)(H,43,48)(H,49,50)/t31?,32?,37-,41+/m1/s1. The Morgan fingerprint density at radius 3 is 2.07 bits per heavy atom. The van der Waals surface area contributed by atoms with Gasteiger partial charge in [0, 0.05) is 24.8 Å². The van der Waals surface area contributed by atoms with Gasteiger partial charge in [0.25, 0.3) is 5.91 Å². The van der Waals surface area contributed by atoms with Crippen LogP contribution in [0.2, 0.25) is 0 Å². The van der Waals surface area contributed by atoms with Gasteiger partial charge in [-0.2, -0.15) is 0 Å². The number of benzene rings is 3. The van der Waals surface area contributed by atoms with E-state index in [2.05, 4.69) is 31.4 Å².